The lowest BCUT2D eigenvalue weighted by Crippen LogP contribution is -2.23. The van der Waals surface area contributed by atoms with Gasteiger partial charge in [-0.05, 0) is 11.5 Å². The van der Waals surface area contributed by atoms with Gasteiger partial charge >= 0.3 is 5.95 Å². The van der Waals surface area contributed by atoms with Crippen molar-refractivity contribution in [2.75, 3.05) is 5.73 Å². The fourth-order valence-electron chi connectivity index (χ4n) is 1.84. The van der Waals surface area contributed by atoms with Crippen LogP contribution in [0.3, 0.4) is 0 Å². The van der Waals surface area contributed by atoms with Crippen molar-refractivity contribution >= 4 is 27.8 Å². The van der Waals surface area contributed by atoms with E-state index in [2.05, 4.69) is 10.2 Å². The number of aromatic amines is 1. The molecule has 5 heteroatoms. The van der Waals surface area contributed by atoms with Crippen molar-refractivity contribution in [2.45, 2.75) is 0 Å². The molecule has 0 fully saturated rings. The Morgan fingerprint density at radius 1 is 1.19 bits per heavy atom. The maximum atomic E-state index is 11.9. The molecule has 5 nitrogen and oxygen atoms in total. The molecule has 0 aliphatic carbocycles. The second-order valence-electron chi connectivity index (χ2n) is 3.56. The molecule has 3 rings (SSSR count). The van der Waals surface area contributed by atoms with Crippen molar-refractivity contribution < 1.29 is 4.43 Å². The van der Waals surface area contributed by atoms with Crippen LogP contribution in [0.1, 0.15) is 0 Å². The minimum atomic E-state index is -0.0798. The Hall–Kier alpha value is -2.43. The minimum Gasteiger partial charge on any atom is -0.283 e. The molecule has 16 heavy (non-hydrogen) atoms. The van der Waals surface area contributed by atoms with E-state index in [9.17, 15) is 4.91 Å². The fraction of sp³-hybridized carbons (Fsp3) is 0. The van der Waals surface area contributed by atoms with Crippen LogP contribution in [0.15, 0.2) is 36.4 Å². The molecule has 0 bridgehead atoms. The number of rotatable bonds is 0. The lowest BCUT2D eigenvalue weighted by atomic mass is 10.1. The summed E-state index contributed by atoms with van der Waals surface area (Å²) in [5, 5.41) is 8.33. The number of H-pyrrole nitrogens is 1. The SMILES string of the molecule is Nc1n[nH]c2ccc3ccccc3c2[n+]1=O. The van der Waals surface area contributed by atoms with Gasteiger partial charge in [0.25, 0.3) is 0 Å². The quantitative estimate of drug-likeness (QED) is 0.435. The molecule has 1 aromatic heterocycles. The van der Waals surface area contributed by atoms with Gasteiger partial charge in [-0.2, -0.15) is 0 Å². The Balaban J connectivity index is 2.69. The van der Waals surface area contributed by atoms with Crippen LogP contribution in [-0.2, 0) is 0 Å². The van der Waals surface area contributed by atoms with E-state index in [-0.39, 0.29) is 5.95 Å². The van der Waals surface area contributed by atoms with Crippen molar-refractivity contribution in [3.05, 3.63) is 41.3 Å². The van der Waals surface area contributed by atoms with Crippen molar-refractivity contribution in [1.29, 1.82) is 0 Å². The van der Waals surface area contributed by atoms with Crippen molar-refractivity contribution in [2.24, 2.45) is 0 Å². The normalized spacial score (nSPS) is 11.0. The van der Waals surface area contributed by atoms with Gasteiger partial charge < -0.3 is 0 Å². The lowest BCUT2D eigenvalue weighted by Gasteiger charge is -1.99. The second-order valence-corrected chi connectivity index (χ2v) is 3.56. The summed E-state index contributed by atoms with van der Waals surface area (Å²) >= 11 is 0. The molecule has 1 heterocycles. The summed E-state index contributed by atoms with van der Waals surface area (Å²) in [6.07, 6.45) is 0. The molecule has 0 atom stereocenters. The summed E-state index contributed by atoms with van der Waals surface area (Å²) in [6.45, 7) is 0. The van der Waals surface area contributed by atoms with E-state index < -0.39 is 0 Å². The molecule has 3 aromatic rings. The number of nitrogens with two attached hydrogens (primary N) is 1. The molecule has 2 aromatic carbocycles. The van der Waals surface area contributed by atoms with E-state index in [1.165, 1.54) is 0 Å². The molecule has 0 saturated carbocycles. The summed E-state index contributed by atoms with van der Waals surface area (Å²) in [5.74, 6) is -0.0798. The first-order valence-electron chi connectivity index (χ1n) is 4.85. The minimum absolute atomic E-state index is 0.0798. The average Bonchev–Trinajstić information content (AvgIpc) is 2.33. The topological polar surface area (TPSA) is 77.7 Å². The van der Waals surface area contributed by atoms with E-state index >= 15 is 0 Å². The molecule has 0 unspecified atom stereocenters. The van der Waals surface area contributed by atoms with Crippen LogP contribution in [0.2, 0.25) is 0 Å². The van der Waals surface area contributed by atoms with Crippen LogP contribution in [0.4, 0.5) is 5.95 Å². The number of hydrogen-bond donors (Lipinski definition) is 2. The largest absolute Gasteiger partial charge is 0.451 e. The summed E-state index contributed by atoms with van der Waals surface area (Å²) in [4.78, 5) is 11.9. The van der Waals surface area contributed by atoms with Gasteiger partial charge in [0.05, 0.1) is 0 Å². The highest BCUT2D eigenvalue weighted by Crippen LogP contribution is 2.20. The van der Waals surface area contributed by atoms with Gasteiger partial charge in [-0.1, -0.05) is 35.2 Å². The predicted molar refractivity (Wildman–Crippen MR) is 61.4 cm³/mol. The molecular formula is C11H9N4O+. The number of fused-ring (bicyclic) bond motifs is 3. The monoisotopic (exact) mass is 213 g/mol. The highest BCUT2D eigenvalue weighted by atomic mass is 16.3. The third-order valence-corrected chi connectivity index (χ3v) is 2.60. The number of benzene rings is 2. The van der Waals surface area contributed by atoms with Gasteiger partial charge in [0, 0.05) is 14.9 Å². The zero-order valence-corrected chi connectivity index (χ0v) is 8.34. The van der Waals surface area contributed by atoms with E-state index in [1.54, 1.807) is 0 Å². The smallest absolute Gasteiger partial charge is 0.283 e. The van der Waals surface area contributed by atoms with Gasteiger partial charge in [-0.3, -0.25) is 5.73 Å². The summed E-state index contributed by atoms with van der Waals surface area (Å²) < 4.78 is 0.647. The van der Waals surface area contributed by atoms with Crippen LogP contribution in [0.5, 0.6) is 0 Å². The first-order valence-corrected chi connectivity index (χ1v) is 4.85. The van der Waals surface area contributed by atoms with Crippen LogP contribution >= 0.6 is 0 Å². The molecule has 3 N–H and O–H groups in total. The number of nitrogens with one attached hydrogen (secondary N) is 1. The number of nitrogen functional groups attached to an aromatic ring is 1. The molecule has 0 saturated heterocycles. The van der Waals surface area contributed by atoms with E-state index in [4.69, 9.17) is 5.73 Å². The Kier molecular flexibility index (Phi) is 1.67. The standard InChI is InChI=1S/C11H9N4O/c12-11-14-13-9-6-5-7-3-1-2-4-8(7)10(9)15(11)16/h1-6H,(H2,12,14)(H,13,16)/q+1. The first-order chi connectivity index (χ1) is 7.77. The second kappa shape index (κ2) is 3.03. The first kappa shape index (κ1) is 8.84. The highest BCUT2D eigenvalue weighted by molar-refractivity contribution is 6.01. The zero-order valence-electron chi connectivity index (χ0n) is 8.34. The Morgan fingerprint density at radius 2 is 2.00 bits per heavy atom. The molecule has 0 aliphatic rings. The summed E-state index contributed by atoms with van der Waals surface area (Å²) in [7, 11) is 0. The van der Waals surface area contributed by atoms with E-state index in [0.717, 1.165) is 10.8 Å². The summed E-state index contributed by atoms with van der Waals surface area (Å²) in [5.41, 5.74) is 6.67. The Labute approximate surface area is 90.1 Å². The molecule has 0 aliphatic heterocycles. The van der Waals surface area contributed by atoms with Crippen molar-refractivity contribution in [3.63, 3.8) is 0 Å². The number of anilines is 1. The molecule has 0 amide bonds. The third-order valence-electron chi connectivity index (χ3n) is 2.60. The van der Waals surface area contributed by atoms with Gasteiger partial charge in [0.1, 0.15) is 5.52 Å². The van der Waals surface area contributed by atoms with E-state index in [1.807, 2.05) is 36.4 Å². The zero-order chi connectivity index (χ0) is 11.1. The van der Waals surface area contributed by atoms with Crippen LogP contribution < -0.4 is 10.2 Å². The van der Waals surface area contributed by atoms with Crippen LogP contribution in [0.25, 0.3) is 21.8 Å². The van der Waals surface area contributed by atoms with Gasteiger partial charge in [-0.15, -0.1) is 0 Å². The predicted octanol–water partition coefficient (Wildman–Crippen LogP) is 1.21. The van der Waals surface area contributed by atoms with Crippen molar-refractivity contribution in [3.8, 4) is 0 Å². The molecule has 0 radical (unpaired) electrons. The number of aromatic nitrogens is 3. The van der Waals surface area contributed by atoms with Crippen LogP contribution in [0, 0.1) is 4.91 Å². The molecular weight excluding hydrogens is 204 g/mol. The van der Waals surface area contributed by atoms with Gasteiger partial charge in [-0.25, -0.2) is 5.10 Å². The van der Waals surface area contributed by atoms with Gasteiger partial charge in [0.15, 0.2) is 5.52 Å². The fourth-order valence-corrected chi connectivity index (χ4v) is 1.84. The lowest BCUT2D eigenvalue weighted by molar-refractivity contribution is -0.450. The van der Waals surface area contributed by atoms with E-state index in [0.29, 0.717) is 15.5 Å². The molecule has 0 spiro atoms. The highest BCUT2D eigenvalue weighted by Gasteiger charge is 2.11. The third kappa shape index (κ3) is 1.08. The maximum absolute atomic E-state index is 11.9. The average molecular weight is 213 g/mol. The molecule has 78 valence electrons. The van der Waals surface area contributed by atoms with Crippen LogP contribution in [-0.4, -0.2) is 10.2 Å². The van der Waals surface area contributed by atoms with Gasteiger partial charge in [0.2, 0.25) is 0 Å². The number of nitrogens with zero attached hydrogens (tertiary/aromatic N) is 2. The summed E-state index contributed by atoms with van der Waals surface area (Å²) in [6, 6.07) is 11.4. The number of hydrogen-bond acceptors (Lipinski definition) is 3. The maximum Gasteiger partial charge on any atom is 0.451 e. The Morgan fingerprint density at radius 3 is 2.88 bits per heavy atom. The Bertz CT molecular complexity index is 748. The van der Waals surface area contributed by atoms with Crippen molar-refractivity contribution in [1.82, 2.24) is 10.2 Å².